The van der Waals surface area contributed by atoms with Crippen LogP contribution in [0, 0.1) is 5.82 Å². The highest BCUT2D eigenvalue weighted by Crippen LogP contribution is 2.26. The van der Waals surface area contributed by atoms with Gasteiger partial charge in [-0.2, -0.15) is 15.0 Å². The van der Waals surface area contributed by atoms with Gasteiger partial charge in [0.2, 0.25) is 5.95 Å². The van der Waals surface area contributed by atoms with Crippen LogP contribution in [0.25, 0.3) is 11.4 Å². The molecule has 0 amide bonds. The average molecular weight is 355 g/mol. The highest BCUT2D eigenvalue weighted by molar-refractivity contribution is 9.10. The smallest absolute Gasteiger partial charge is 0.321 e. The van der Waals surface area contributed by atoms with Gasteiger partial charge < -0.3 is 10.1 Å². The summed E-state index contributed by atoms with van der Waals surface area (Å²) in [6.07, 6.45) is 0.836. The van der Waals surface area contributed by atoms with Gasteiger partial charge in [0.15, 0.2) is 5.82 Å². The van der Waals surface area contributed by atoms with Crippen LogP contribution in [0.1, 0.15) is 20.3 Å². The molecule has 0 aliphatic rings. The Kier molecular flexibility index (Phi) is 5.44. The van der Waals surface area contributed by atoms with E-state index in [-0.39, 0.29) is 11.8 Å². The van der Waals surface area contributed by atoms with E-state index in [9.17, 15) is 4.39 Å². The summed E-state index contributed by atoms with van der Waals surface area (Å²) in [7, 11) is 0. The van der Waals surface area contributed by atoms with Crippen LogP contribution >= 0.6 is 15.9 Å². The Hall–Kier alpha value is -1.76. The second kappa shape index (κ2) is 7.31. The molecule has 0 bridgehead atoms. The van der Waals surface area contributed by atoms with Gasteiger partial charge in [-0.25, -0.2) is 4.39 Å². The van der Waals surface area contributed by atoms with E-state index < -0.39 is 5.82 Å². The van der Waals surface area contributed by atoms with Gasteiger partial charge in [-0.15, -0.1) is 0 Å². The fraction of sp³-hybridized carbons (Fsp3) is 0.357. The van der Waals surface area contributed by atoms with Crippen molar-refractivity contribution >= 4 is 21.9 Å². The normalized spacial score (nSPS) is 10.5. The fourth-order valence-corrected chi connectivity index (χ4v) is 2.01. The van der Waals surface area contributed by atoms with Crippen molar-refractivity contribution in [2.75, 3.05) is 18.5 Å². The Balaban J connectivity index is 2.45. The Morgan fingerprint density at radius 2 is 2.05 bits per heavy atom. The standard InChI is InChI=1S/C14H16BrFN4O/c1-3-8-21-14-19-12(18-13(20-14)17-4-2)9-6-5-7-10(15)11(9)16/h5-7H,3-4,8H2,1-2H3,(H,17,18,19,20). The minimum atomic E-state index is -0.410. The molecule has 2 rings (SSSR count). The Morgan fingerprint density at radius 3 is 2.76 bits per heavy atom. The molecule has 0 saturated carbocycles. The van der Waals surface area contributed by atoms with E-state index in [2.05, 4.69) is 36.2 Å². The zero-order chi connectivity index (χ0) is 15.2. The van der Waals surface area contributed by atoms with Gasteiger partial charge >= 0.3 is 6.01 Å². The van der Waals surface area contributed by atoms with E-state index in [4.69, 9.17) is 4.74 Å². The lowest BCUT2D eigenvalue weighted by molar-refractivity contribution is 0.292. The quantitative estimate of drug-likeness (QED) is 0.857. The van der Waals surface area contributed by atoms with Gasteiger partial charge in [-0.1, -0.05) is 13.0 Å². The SMILES string of the molecule is CCCOc1nc(NCC)nc(-c2cccc(Br)c2F)n1. The van der Waals surface area contributed by atoms with E-state index in [1.165, 1.54) is 0 Å². The number of rotatable bonds is 6. The first-order valence-electron chi connectivity index (χ1n) is 6.72. The molecule has 21 heavy (non-hydrogen) atoms. The molecular weight excluding hydrogens is 339 g/mol. The van der Waals surface area contributed by atoms with E-state index in [0.717, 1.165) is 6.42 Å². The molecule has 0 saturated heterocycles. The molecule has 0 atom stereocenters. The molecular formula is C14H16BrFN4O. The summed E-state index contributed by atoms with van der Waals surface area (Å²) < 4.78 is 20.0. The molecule has 2 aromatic rings. The average Bonchev–Trinajstić information content (AvgIpc) is 2.48. The number of anilines is 1. The lowest BCUT2D eigenvalue weighted by atomic mass is 10.2. The second-order valence-corrected chi connectivity index (χ2v) is 5.10. The molecule has 7 heteroatoms. The number of hydrogen-bond acceptors (Lipinski definition) is 5. The van der Waals surface area contributed by atoms with E-state index in [1.807, 2.05) is 13.8 Å². The summed E-state index contributed by atoms with van der Waals surface area (Å²) >= 11 is 3.16. The van der Waals surface area contributed by atoms with Crippen molar-refractivity contribution in [2.45, 2.75) is 20.3 Å². The predicted molar refractivity (Wildman–Crippen MR) is 82.9 cm³/mol. The molecule has 1 aromatic heterocycles. The maximum atomic E-state index is 14.2. The van der Waals surface area contributed by atoms with Crippen molar-refractivity contribution in [3.05, 3.63) is 28.5 Å². The maximum absolute atomic E-state index is 14.2. The minimum absolute atomic E-state index is 0.192. The summed E-state index contributed by atoms with van der Waals surface area (Å²) in [5.41, 5.74) is 0.298. The Morgan fingerprint density at radius 1 is 1.24 bits per heavy atom. The number of halogens is 2. The van der Waals surface area contributed by atoms with Crippen LogP contribution in [0.3, 0.4) is 0 Å². The lowest BCUT2D eigenvalue weighted by Gasteiger charge is -2.09. The van der Waals surface area contributed by atoms with Crippen molar-refractivity contribution in [2.24, 2.45) is 0 Å². The second-order valence-electron chi connectivity index (χ2n) is 4.25. The molecule has 0 unspecified atom stereocenters. The first-order valence-corrected chi connectivity index (χ1v) is 7.52. The molecule has 1 heterocycles. The summed E-state index contributed by atoms with van der Waals surface area (Å²) in [6, 6.07) is 5.16. The zero-order valence-electron chi connectivity index (χ0n) is 11.9. The van der Waals surface area contributed by atoms with Crippen LogP contribution in [0.2, 0.25) is 0 Å². The van der Waals surface area contributed by atoms with Gasteiger partial charge in [0.25, 0.3) is 0 Å². The van der Waals surface area contributed by atoms with Crippen molar-refractivity contribution in [1.29, 1.82) is 0 Å². The Labute approximate surface area is 131 Å². The van der Waals surface area contributed by atoms with Crippen LogP contribution in [0.4, 0.5) is 10.3 Å². The van der Waals surface area contributed by atoms with Gasteiger partial charge in [0, 0.05) is 6.54 Å². The van der Waals surface area contributed by atoms with Gasteiger partial charge in [-0.3, -0.25) is 0 Å². The summed E-state index contributed by atoms with van der Waals surface area (Å²) in [5, 5.41) is 2.99. The third-order valence-corrected chi connectivity index (χ3v) is 3.19. The number of ether oxygens (including phenoxy) is 1. The number of nitrogens with zero attached hydrogens (tertiary/aromatic N) is 3. The van der Waals surface area contributed by atoms with Crippen LogP contribution in [0.15, 0.2) is 22.7 Å². The molecule has 0 aliphatic carbocycles. The summed E-state index contributed by atoms with van der Waals surface area (Å²) in [6.45, 7) is 5.06. The highest BCUT2D eigenvalue weighted by Gasteiger charge is 2.14. The third-order valence-electron chi connectivity index (χ3n) is 2.58. The molecule has 0 spiro atoms. The van der Waals surface area contributed by atoms with Crippen LogP contribution in [0.5, 0.6) is 6.01 Å². The number of benzene rings is 1. The topological polar surface area (TPSA) is 59.9 Å². The lowest BCUT2D eigenvalue weighted by Crippen LogP contribution is -2.08. The van der Waals surface area contributed by atoms with Crippen molar-refractivity contribution in [3.8, 4) is 17.4 Å². The van der Waals surface area contributed by atoms with Crippen LogP contribution in [-0.2, 0) is 0 Å². The van der Waals surface area contributed by atoms with Gasteiger partial charge in [0.05, 0.1) is 16.6 Å². The summed E-state index contributed by atoms with van der Waals surface area (Å²) in [4.78, 5) is 12.6. The first-order chi connectivity index (χ1) is 10.2. The monoisotopic (exact) mass is 354 g/mol. The molecule has 1 N–H and O–H groups in total. The molecule has 0 radical (unpaired) electrons. The number of nitrogens with one attached hydrogen (secondary N) is 1. The van der Waals surface area contributed by atoms with Gasteiger partial charge in [0.1, 0.15) is 5.82 Å². The molecule has 5 nitrogen and oxygen atoms in total. The zero-order valence-corrected chi connectivity index (χ0v) is 13.4. The summed E-state index contributed by atoms with van der Waals surface area (Å²) in [5.74, 6) is 0.200. The number of aromatic nitrogens is 3. The van der Waals surface area contributed by atoms with Crippen LogP contribution < -0.4 is 10.1 Å². The van der Waals surface area contributed by atoms with Crippen molar-refractivity contribution in [3.63, 3.8) is 0 Å². The fourth-order valence-electron chi connectivity index (χ4n) is 1.65. The molecule has 1 aromatic carbocycles. The predicted octanol–water partition coefficient (Wildman–Crippen LogP) is 3.66. The molecule has 0 fully saturated rings. The third kappa shape index (κ3) is 3.87. The first kappa shape index (κ1) is 15.6. The van der Waals surface area contributed by atoms with Crippen LogP contribution in [-0.4, -0.2) is 28.1 Å². The van der Waals surface area contributed by atoms with E-state index in [1.54, 1.807) is 18.2 Å². The van der Waals surface area contributed by atoms with Gasteiger partial charge in [-0.05, 0) is 41.4 Å². The van der Waals surface area contributed by atoms with Crippen molar-refractivity contribution in [1.82, 2.24) is 15.0 Å². The molecule has 0 aliphatic heterocycles. The van der Waals surface area contributed by atoms with E-state index in [0.29, 0.717) is 29.1 Å². The molecule has 112 valence electrons. The number of hydrogen-bond donors (Lipinski definition) is 1. The minimum Gasteiger partial charge on any atom is -0.463 e. The van der Waals surface area contributed by atoms with Crippen molar-refractivity contribution < 1.29 is 9.13 Å². The van der Waals surface area contributed by atoms with E-state index >= 15 is 0 Å². The maximum Gasteiger partial charge on any atom is 0.321 e. The highest BCUT2D eigenvalue weighted by atomic mass is 79.9. The Bertz CT molecular complexity index is 624. The largest absolute Gasteiger partial charge is 0.463 e.